The van der Waals surface area contributed by atoms with Gasteiger partial charge in [-0.1, -0.05) is 41.7 Å². The van der Waals surface area contributed by atoms with Crippen LogP contribution in [0.5, 0.6) is 0 Å². The maximum absolute atomic E-state index is 11.1. The Balaban J connectivity index is 1.64. The molecule has 1 unspecified atom stereocenters. The van der Waals surface area contributed by atoms with Crippen LogP contribution in [0.3, 0.4) is 0 Å². The Labute approximate surface area is 134 Å². The molecule has 5 nitrogen and oxygen atoms in total. The molecule has 1 aliphatic heterocycles. The van der Waals surface area contributed by atoms with Crippen molar-refractivity contribution in [1.29, 1.82) is 0 Å². The molecule has 1 amide bonds. The number of nitrogens with zero attached hydrogens (tertiary/aromatic N) is 3. The summed E-state index contributed by atoms with van der Waals surface area (Å²) >= 11 is 1.64. The maximum atomic E-state index is 11.1. The van der Waals surface area contributed by atoms with Crippen molar-refractivity contribution in [2.45, 2.75) is 25.7 Å². The number of benzene rings is 1. The molecule has 1 aromatic heterocycles. The van der Waals surface area contributed by atoms with Crippen LogP contribution in [-0.4, -0.2) is 29.2 Å². The lowest BCUT2D eigenvalue weighted by atomic mass is 9.95. The van der Waals surface area contributed by atoms with Gasteiger partial charge in [-0.25, -0.2) is 0 Å². The van der Waals surface area contributed by atoms with E-state index in [2.05, 4.69) is 27.2 Å². The van der Waals surface area contributed by atoms with Crippen molar-refractivity contribution in [3.05, 3.63) is 40.9 Å². The summed E-state index contributed by atoms with van der Waals surface area (Å²) in [7, 11) is 0. The number of primary amides is 1. The van der Waals surface area contributed by atoms with Crippen molar-refractivity contribution in [3.8, 4) is 0 Å². The molecule has 2 N–H and O–H groups in total. The van der Waals surface area contributed by atoms with Gasteiger partial charge in [-0.05, 0) is 24.3 Å². The van der Waals surface area contributed by atoms with Crippen LogP contribution in [0.4, 0.5) is 5.13 Å². The Hall–Kier alpha value is -1.95. The molecule has 1 saturated heterocycles. The van der Waals surface area contributed by atoms with Gasteiger partial charge < -0.3 is 10.6 Å². The van der Waals surface area contributed by atoms with Gasteiger partial charge in [-0.15, -0.1) is 10.2 Å². The van der Waals surface area contributed by atoms with Crippen LogP contribution in [0.15, 0.2) is 30.3 Å². The van der Waals surface area contributed by atoms with Gasteiger partial charge in [-0.2, -0.15) is 0 Å². The van der Waals surface area contributed by atoms with Crippen LogP contribution in [0.25, 0.3) is 0 Å². The Morgan fingerprint density at radius 2 is 2.14 bits per heavy atom. The minimum absolute atomic E-state index is 0.214. The van der Waals surface area contributed by atoms with Crippen molar-refractivity contribution in [2.75, 3.05) is 18.0 Å². The number of aromatic nitrogens is 2. The largest absolute Gasteiger partial charge is 0.370 e. The number of carbonyl (C=O) groups is 1. The van der Waals surface area contributed by atoms with Crippen molar-refractivity contribution in [2.24, 2.45) is 11.7 Å². The topological polar surface area (TPSA) is 72.1 Å². The predicted molar refractivity (Wildman–Crippen MR) is 87.9 cm³/mol. The molecule has 1 atom stereocenters. The fraction of sp³-hybridized carbons (Fsp3) is 0.438. The molecule has 0 aliphatic carbocycles. The minimum Gasteiger partial charge on any atom is -0.370 e. The second-order valence-corrected chi connectivity index (χ2v) is 6.81. The summed E-state index contributed by atoms with van der Waals surface area (Å²) in [5, 5.41) is 10.6. The van der Waals surface area contributed by atoms with E-state index in [0.29, 0.717) is 12.3 Å². The summed E-state index contributed by atoms with van der Waals surface area (Å²) < 4.78 is 0. The number of hydrogen-bond acceptors (Lipinski definition) is 5. The van der Waals surface area contributed by atoms with E-state index in [-0.39, 0.29) is 5.91 Å². The lowest BCUT2D eigenvalue weighted by Crippen LogP contribution is -2.37. The highest BCUT2D eigenvalue weighted by molar-refractivity contribution is 7.15. The number of carbonyl (C=O) groups excluding carboxylic acids is 1. The Morgan fingerprint density at radius 3 is 2.91 bits per heavy atom. The summed E-state index contributed by atoms with van der Waals surface area (Å²) in [6, 6.07) is 10.3. The van der Waals surface area contributed by atoms with E-state index in [4.69, 9.17) is 5.73 Å². The summed E-state index contributed by atoms with van der Waals surface area (Å²) in [5.74, 6) is 0.126. The van der Waals surface area contributed by atoms with Gasteiger partial charge in [0.15, 0.2) is 0 Å². The molecule has 0 saturated carbocycles. The molecule has 3 rings (SSSR count). The van der Waals surface area contributed by atoms with E-state index in [1.165, 1.54) is 5.56 Å². The van der Waals surface area contributed by atoms with Crippen molar-refractivity contribution in [3.63, 3.8) is 0 Å². The summed E-state index contributed by atoms with van der Waals surface area (Å²) in [4.78, 5) is 13.3. The third-order valence-corrected chi connectivity index (χ3v) is 4.92. The van der Waals surface area contributed by atoms with Crippen LogP contribution >= 0.6 is 11.3 Å². The SMILES string of the molecule is NC(=O)CC1CCCN(c2nnc(Cc3ccccc3)s2)C1. The maximum Gasteiger partial charge on any atom is 0.217 e. The Bertz CT molecular complexity index is 628. The van der Waals surface area contributed by atoms with Gasteiger partial charge in [0.2, 0.25) is 11.0 Å². The van der Waals surface area contributed by atoms with E-state index in [1.807, 2.05) is 18.2 Å². The van der Waals surface area contributed by atoms with Crippen molar-refractivity contribution >= 4 is 22.4 Å². The minimum atomic E-state index is -0.214. The van der Waals surface area contributed by atoms with E-state index in [0.717, 1.165) is 42.5 Å². The Morgan fingerprint density at radius 1 is 1.32 bits per heavy atom. The van der Waals surface area contributed by atoms with Gasteiger partial charge in [0.25, 0.3) is 0 Å². The molecule has 2 aromatic rings. The van der Waals surface area contributed by atoms with Crippen molar-refractivity contribution < 1.29 is 4.79 Å². The van der Waals surface area contributed by atoms with Gasteiger partial charge >= 0.3 is 0 Å². The third kappa shape index (κ3) is 3.82. The van der Waals surface area contributed by atoms with Gasteiger partial charge in [0.1, 0.15) is 5.01 Å². The molecule has 2 heterocycles. The summed E-state index contributed by atoms with van der Waals surface area (Å²) in [6.07, 6.45) is 3.42. The third-order valence-electron chi connectivity index (χ3n) is 3.93. The molecule has 1 aliphatic rings. The Kier molecular flexibility index (Phi) is 4.68. The van der Waals surface area contributed by atoms with E-state index in [9.17, 15) is 4.79 Å². The number of anilines is 1. The normalized spacial score (nSPS) is 18.4. The monoisotopic (exact) mass is 316 g/mol. The second-order valence-electron chi connectivity index (χ2n) is 5.77. The zero-order valence-corrected chi connectivity index (χ0v) is 13.3. The highest BCUT2D eigenvalue weighted by Gasteiger charge is 2.23. The molecule has 1 fully saturated rings. The van der Waals surface area contributed by atoms with Gasteiger partial charge in [0, 0.05) is 25.9 Å². The molecule has 6 heteroatoms. The zero-order valence-electron chi connectivity index (χ0n) is 12.4. The molecular weight excluding hydrogens is 296 g/mol. The van der Waals surface area contributed by atoms with Crippen LogP contribution in [0.1, 0.15) is 29.8 Å². The first-order valence-electron chi connectivity index (χ1n) is 7.60. The smallest absolute Gasteiger partial charge is 0.217 e. The zero-order chi connectivity index (χ0) is 15.4. The summed E-state index contributed by atoms with van der Waals surface area (Å²) in [5.41, 5.74) is 6.56. The quantitative estimate of drug-likeness (QED) is 0.918. The number of hydrogen-bond donors (Lipinski definition) is 1. The average Bonchev–Trinajstić information content (AvgIpc) is 2.96. The van der Waals surface area contributed by atoms with Gasteiger partial charge in [0.05, 0.1) is 0 Å². The number of nitrogens with two attached hydrogens (primary N) is 1. The fourth-order valence-corrected chi connectivity index (χ4v) is 3.81. The lowest BCUT2D eigenvalue weighted by molar-refractivity contribution is -0.118. The van der Waals surface area contributed by atoms with E-state index >= 15 is 0 Å². The fourth-order valence-electron chi connectivity index (χ4n) is 2.90. The van der Waals surface area contributed by atoms with E-state index < -0.39 is 0 Å². The van der Waals surface area contributed by atoms with Crippen molar-refractivity contribution in [1.82, 2.24) is 10.2 Å². The molecule has 0 spiro atoms. The van der Waals surface area contributed by atoms with Crippen LogP contribution in [0.2, 0.25) is 0 Å². The molecule has 0 bridgehead atoms. The standard InChI is InChI=1S/C16H20N4OS/c17-14(21)9-13-7-4-8-20(11-13)16-19-18-15(22-16)10-12-5-2-1-3-6-12/h1-3,5-6,13H,4,7-11H2,(H2,17,21). The van der Waals surface area contributed by atoms with Gasteiger partial charge in [-0.3, -0.25) is 4.79 Å². The predicted octanol–water partition coefficient (Wildman–Crippen LogP) is 2.22. The number of amides is 1. The van der Waals surface area contributed by atoms with Crippen LogP contribution < -0.4 is 10.6 Å². The molecular formula is C16H20N4OS. The van der Waals surface area contributed by atoms with Crippen LogP contribution in [0, 0.1) is 5.92 Å². The number of rotatable bonds is 5. The molecule has 0 radical (unpaired) electrons. The van der Waals surface area contributed by atoms with Crippen LogP contribution in [-0.2, 0) is 11.2 Å². The van der Waals surface area contributed by atoms with E-state index in [1.54, 1.807) is 11.3 Å². The first-order chi connectivity index (χ1) is 10.7. The highest BCUT2D eigenvalue weighted by atomic mass is 32.1. The first kappa shape index (κ1) is 15.0. The number of piperidine rings is 1. The average molecular weight is 316 g/mol. The molecule has 22 heavy (non-hydrogen) atoms. The first-order valence-corrected chi connectivity index (χ1v) is 8.42. The second kappa shape index (κ2) is 6.87. The summed E-state index contributed by atoms with van der Waals surface area (Å²) in [6.45, 7) is 1.83. The molecule has 116 valence electrons. The molecule has 1 aromatic carbocycles. The lowest BCUT2D eigenvalue weighted by Gasteiger charge is -2.31. The highest BCUT2D eigenvalue weighted by Crippen LogP contribution is 2.28.